The molecule has 0 radical (unpaired) electrons. The van der Waals surface area contributed by atoms with Gasteiger partial charge in [0.05, 0.1) is 18.1 Å². The molecule has 3 aromatic carbocycles. The summed E-state index contributed by atoms with van der Waals surface area (Å²) in [7, 11) is 1.63. The number of benzene rings is 3. The lowest BCUT2D eigenvalue weighted by molar-refractivity contribution is -0.115. The molecule has 0 aliphatic carbocycles. The fraction of sp³-hybridized carbons (Fsp3) is 0.107. The molecule has 1 amide bonds. The lowest BCUT2D eigenvalue weighted by Gasteiger charge is -2.12. The number of aromatic nitrogens is 4. The van der Waals surface area contributed by atoms with E-state index in [0.717, 1.165) is 33.8 Å². The summed E-state index contributed by atoms with van der Waals surface area (Å²) in [6.45, 7) is 1.81. The molecule has 0 fully saturated rings. The molecule has 7 nitrogen and oxygen atoms in total. The standard InChI is InChI=1S/C28H23N5O2S2/c1-18(26(34)31-27-29-23(17-36-27)21-14-9-15-22(16-21)35-2)37-28-30-24(19-10-5-3-6-11-19)25(32-33-28)20-12-7-4-8-13-20/h3-18H,1-2H3,(H,29,31,34). The number of carbonyl (C=O) groups is 1. The Morgan fingerprint density at radius 1 is 0.865 bits per heavy atom. The predicted molar refractivity (Wildman–Crippen MR) is 149 cm³/mol. The Bertz CT molecular complexity index is 1510. The summed E-state index contributed by atoms with van der Waals surface area (Å²) < 4.78 is 5.29. The Hall–Kier alpha value is -4.08. The number of carbonyl (C=O) groups excluding carboxylic acids is 1. The first-order valence-electron chi connectivity index (χ1n) is 11.5. The first kappa shape index (κ1) is 24.6. The number of thiazole rings is 1. The summed E-state index contributed by atoms with van der Waals surface area (Å²) >= 11 is 2.63. The van der Waals surface area contributed by atoms with Crippen molar-refractivity contribution in [3.63, 3.8) is 0 Å². The van der Waals surface area contributed by atoms with E-state index in [1.54, 1.807) is 7.11 Å². The molecular weight excluding hydrogens is 502 g/mol. The van der Waals surface area contributed by atoms with Crippen LogP contribution < -0.4 is 10.1 Å². The van der Waals surface area contributed by atoms with Crippen molar-refractivity contribution in [1.82, 2.24) is 20.2 Å². The zero-order valence-electron chi connectivity index (χ0n) is 20.2. The smallest absolute Gasteiger partial charge is 0.239 e. The highest BCUT2D eigenvalue weighted by Gasteiger charge is 2.20. The van der Waals surface area contributed by atoms with Gasteiger partial charge in [0.1, 0.15) is 17.1 Å². The van der Waals surface area contributed by atoms with Crippen LogP contribution in [0.1, 0.15) is 6.92 Å². The van der Waals surface area contributed by atoms with Crippen LogP contribution >= 0.6 is 23.1 Å². The molecule has 184 valence electrons. The number of hydrogen-bond acceptors (Lipinski definition) is 8. The zero-order chi connectivity index (χ0) is 25.6. The monoisotopic (exact) mass is 525 g/mol. The third-order valence-corrected chi connectivity index (χ3v) is 7.22. The van der Waals surface area contributed by atoms with Crippen LogP contribution in [0.2, 0.25) is 0 Å². The van der Waals surface area contributed by atoms with Crippen LogP contribution in [-0.4, -0.2) is 38.4 Å². The fourth-order valence-electron chi connectivity index (χ4n) is 3.61. The number of ether oxygens (including phenoxy) is 1. The van der Waals surface area contributed by atoms with Crippen LogP contribution in [0.3, 0.4) is 0 Å². The van der Waals surface area contributed by atoms with Gasteiger partial charge in [-0.15, -0.1) is 21.5 Å². The molecule has 0 aliphatic heterocycles. The average molecular weight is 526 g/mol. The first-order valence-corrected chi connectivity index (χ1v) is 13.3. The van der Waals surface area contributed by atoms with Crippen molar-refractivity contribution < 1.29 is 9.53 Å². The van der Waals surface area contributed by atoms with Crippen molar-refractivity contribution in [3.8, 4) is 39.5 Å². The predicted octanol–water partition coefficient (Wildman–Crippen LogP) is 6.46. The van der Waals surface area contributed by atoms with Gasteiger partial charge in [-0.1, -0.05) is 84.6 Å². The molecule has 0 spiro atoms. The van der Waals surface area contributed by atoms with E-state index in [2.05, 4.69) is 20.5 Å². The molecule has 0 bridgehead atoms. The van der Waals surface area contributed by atoms with Gasteiger partial charge >= 0.3 is 0 Å². The summed E-state index contributed by atoms with van der Waals surface area (Å²) in [5.41, 5.74) is 4.98. The van der Waals surface area contributed by atoms with Crippen LogP contribution in [0.5, 0.6) is 5.75 Å². The van der Waals surface area contributed by atoms with Gasteiger partial charge in [0.15, 0.2) is 5.13 Å². The molecule has 0 aliphatic rings. The molecule has 1 N–H and O–H groups in total. The molecule has 0 saturated heterocycles. The van der Waals surface area contributed by atoms with Gasteiger partial charge in [-0.2, -0.15) is 0 Å². The highest BCUT2D eigenvalue weighted by atomic mass is 32.2. The van der Waals surface area contributed by atoms with Crippen molar-refractivity contribution in [2.24, 2.45) is 0 Å². The third-order valence-electron chi connectivity index (χ3n) is 5.51. The van der Waals surface area contributed by atoms with E-state index in [-0.39, 0.29) is 5.91 Å². The normalized spacial score (nSPS) is 11.6. The molecule has 5 aromatic rings. The Kier molecular flexibility index (Phi) is 7.53. The van der Waals surface area contributed by atoms with E-state index in [1.165, 1.54) is 23.1 Å². The quantitative estimate of drug-likeness (QED) is 0.233. The van der Waals surface area contributed by atoms with Gasteiger partial charge in [-0.3, -0.25) is 4.79 Å². The largest absolute Gasteiger partial charge is 0.497 e. The summed E-state index contributed by atoms with van der Waals surface area (Å²) in [5.74, 6) is 0.566. The second kappa shape index (κ2) is 11.3. The van der Waals surface area contributed by atoms with Gasteiger partial charge in [-0.05, 0) is 19.1 Å². The van der Waals surface area contributed by atoms with E-state index in [4.69, 9.17) is 9.72 Å². The van der Waals surface area contributed by atoms with Crippen LogP contribution in [0.25, 0.3) is 33.8 Å². The Labute approximate surface area is 223 Å². The van der Waals surface area contributed by atoms with Crippen molar-refractivity contribution >= 4 is 34.1 Å². The Morgan fingerprint density at radius 3 is 2.24 bits per heavy atom. The van der Waals surface area contributed by atoms with Crippen molar-refractivity contribution in [1.29, 1.82) is 0 Å². The number of hydrogen-bond donors (Lipinski definition) is 1. The number of thioether (sulfide) groups is 1. The molecule has 2 aromatic heterocycles. The number of rotatable bonds is 8. The maximum Gasteiger partial charge on any atom is 0.239 e. The average Bonchev–Trinajstić information content (AvgIpc) is 3.42. The van der Waals surface area contributed by atoms with E-state index >= 15 is 0 Å². The Balaban J connectivity index is 1.32. The molecule has 1 atom stereocenters. The maximum absolute atomic E-state index is 12.9. The highest BCUT2D eigenvalue weighted by Crippen LogP contribution is 2.31. The van der Waals surface area contributed by atoms with Crippen molar-refractivity contribution in [2.45, 2.75) is 17.3 Å². The number of anilines is 1. The van der Waals surface area contributed by atoms with E-state index in [9.17, 15) is 4.79 Å². The van der Waals surface area contributed by atoms with E-state index < -0.39 is 5.25 Å². The summed E-state index contributed by atoms with van der Waals surface area (Å²) in [6.07, 6.45) is 0. The molecule has 9 heteroatoms. The molecule has 0 saturated carbocycles. The van der Waals surface area contributed by atoms with Crippen LogP contribution in [0, 0.1) is 0 Å². The lowest BCUT2D eigenvalue weighted by Crippen LogP contribution is -2.22. The van der Waals surface area contributed by atoms with Gasteiger partial charge in [-0.25, -0.2) is 9.97 Å². The van der Waals surface area contributed by atoms with Gasteiger partial charge in [0, 0.05) is 22.1 Å². The molecule has 1 unspecified atom stereocenters. The third kappa shape index (κ3) is 5.84. The van der Waals surface area contributed by atoms with E-state index in [1.807, 2.05) is 97.2 Å². The highest BCUT2D eigenvalue weighted by molar-refractivity contribution is 8.00. The first-order chi connectivity index (χ1) is 18.1. The van der Waals surface area contributed by atoms with Gasteiger partial charge in [0.2, 0.25) is 11.1 Å². The Morgan fingerprint density at radius 2 is 1.54 bits per heavy atom. The molecule has 2 heterocycles. The molecule has 37 heavy (non-hydrogen) atoms. The number of amides is 1. The van der Waals surface area contributed by atoms with Crippen molar-refractivity contribution in [3.05, 3.63) is 90.3 Å². The van der Waals surface area contributed by atoms with Gasteiger partial charge in [0.25, 0.3) is 0 Å². The second-order valence-corrected chi connectivity index (χ2v) is 10.2. The summed E-state index contributed by atoms with van der Waals surface area (Å²) in [6, 6.07) is 27.3. The lowest BCUT2D eigenvalue weighted by atomic mass is 10.0. The zero-order valence-corrected chi connectivity index (χ0v) is 21.8. The minimum atomic E-state index is -0.461. The van der Waals surface area contributed by atoms with E-state index in [0.29, 0.717) is 16.0 Å². The SMILES string of the molecule is COc1cccc(-c2csc(NC(=O)C(C)Sc3nnc(-c4ccccc4)c(-c4ccccc4)n3)n2)c1. The minimum Gasteiger partial charge on any atom is -0.497 e. The summed E-state index contributed by atoms with van der Waals surface area (Å²) in [5, 5.41) is 14.1. The minimum absolute atomic E-state index is 0.187. The number of methoxy groups -OCH3 is 1. The fourth-order valence-corrected chi connectivity index (χ4v) is 5.05. The topological polar surface area (TPSA) is 89.9 Å². The molecular formula is C28H23N5O2S2. The number of nitrogens with zero attached hydrogens (tertiary/aromatic N) is 4. The van der Waals surface area contributed by atoms with Gasteiger partial charge < -0.3 is 10.1 Å². The number of nitrogens with one attached hydrogen (secondary N) is 1. The maximum atomic E-state index is 12.9. The van der Waals surface area contributed by atoms with Crippen LogP contribution in [0.15, 0.2) is 95.5 Å². The van der Waals surface area contributed by atoms with Crippen LogP contribution in [0.4, 0.5) is 5.13 Å². The summed E-state index contributed by atoms with van der Waals surface area (Å²) in [4.78, 5) is 22.3. The van der Waals surface area contributed by atoms with Crippen molar-refractivity contribution in [2.75, 3.05) is 12.4 Å². The second-order valence-electron chi connectivity index (χ2n) is 8.04. The van der Waals surface area contributed by atoms with Crippen LogP contribution in [-0.2, 0) is 4.79 Å². The molecule has 5 rings (SSSR count).